The van der Waals surface area contributed by atoms with Crippen LogP contribution >= 0.6 is 0 Å². The van der Waals surface area contributed by atoms with Crippen molar-refractivity contribution in [3.63, 3.8) is 0 Å². The maximum Gasteiger partial charge on any atom is 0.270 e. The number of aromatic nitrogens is 2. The summed E-state index contributed by atoms with van der Waals surface area (Å²) in [5, 5.41) is 28.6. The van der Waals surface area contributed by atoms with E-state index in [-0.39, 0.29) is 23.7 Å². The number of nitro benzene ring substituents is 1. The average molecular weight is 402 g/mol. The van der Waals surface area contributed by atoms with Crippen LogP contribution in [0.15, 0.2) is 29.2 Å². The first-order chi connectivity index (χ1) is 13.3. The van der Waals surface area contributed by atoms with E-state index in [1.807, 2.05) is 4.90 Å². The predicted octanol–water partition coefficient (Wildman–Crippen LogP) is 1.38. The molecule has 0 amide bonds. The van der Waals surface area contributed by atoms with Gasteiger partial charge < -0.3 is 4.90 Å². The largest absolute Gasteiger partial charge is 0.351 e. The molecule has 1 fully saturated rings. The van der Waals surface area contributed by atoms with E-state index in [9.17, 15) is 23.8 Å². The van der Waals surface area contributed by atoms with E-state index in [4.69, 9.17) is 0 Å². The maximum absolute atomic E-state index is 12.8. The second-order valence-electron chi connectivity index (χ2n) is 6.37. The number of sulfonamides is 1. The van der Waals surface area contributed by atoms with Gasteiger partial charge in [0.2, 0.25) is 10.0 Å². The van der Waals surface area contributed by atoms with E-state index in [1.54, 1.807) is 13.8 Å². The third-order valence-corrected chi connectivity index (χ3v) is 6.65. The molecular formula is C17H18N6O4S. The van der Waals surface area contributed by atoms with E-state index in [0.29, 0.717) is 30.2 Å². The first-order valence-corrected chi connectivity index (χ1v) is 9.93. The molecule has 1 aromatic carbocycles. The Bertz CT molecular complexity index is 1070. The second kappa shape index (κ2) is 7.49. The van der Waals surface area contributed by atoms with Crippen LogP contribution in [0.2, 0.25) is 0 Å². The lowest BCUT2D eigenvalue weighted by atomic mass is 10.1. The summed E-state index contributed by atoms with van der Waals surface area (Å²) in [6.07, 6.45) is 0. The smallest absolute Gasteiger partial charge is 0.270 e. The molecule has 146 valence electrons. The number of benzene rings is 1. The molecule has 1 aromatic heterocycles. The fraction of sp³-hybridized carbons (Fsp3) is 0.353. The third kappa shape index (κ3) is 3.51. The number of nitro groups is 1. The number of hydrogen-bond donors (Lipinski definition) is 0. The van der Waals surface area contributed by atoms with E-state index in [0.717, 1.165) is 11.6 Å². The van der Waals surface area contributed by atoms with Crippen LogP contribution < -0.4 is 4.90 Å². The molecule has 0 aliphatic carbocycles. The van der Waals surface area contributed by atoms with Gasteiger partial charge in [-0.3, -0.25) is 10.1 Å². The fourth-order valence-corrected chi connectivity index (χ4v) is 4.46. The van der Waals surface area contributed by atoms with Gasteiger partial charge in [-0.1, -0.05) is 6.07 Å². The molecule has 0 bridgehead atoms. The standard InChI is InChI=1S/C17H18N6O4S/c1-12-13(2)19-20-17(16(12)11-18)21-6-8-22(9-7-21)28(26,27)15-5-3-4-14(10-15)23(24)25/h3-5,10H,6-9H2,1-2H3. The number of hydrogen-bond acceptors (Lipinski definition) is 8. The van der Waals surface area contributed by atoms with E-state index in [1.165, 1.54) is 22.5 Å². The van der Waals surface area contributed by atoms with Crippen molar-refractivity contribution in [3.8, 4) is 6.07 Å². The van der Waals surface area contributed by atoms with Crippen molar-refractivity contribution in [1.82, 2.24) is 14.5 Å². The molecule has 11 heteroatoms. The molecule has 10 nitrogen and oxygen atoms in total. The summed E-state index contributed by atoms with van der Waals surface area (Å²) in [4.78, 5) is 12.0. The normalized spacial score (nSPS) is 15.2. The molecule has 3 rings (SSSR count). The Balaban J connectivity index is 1.81. The summed E-state index contributed by atoms with van der Waals surface area (Å²) >= 11 is 0. The summed E-state index contributed by atoms with van der Waals surface area (Å²) < 4.78 is 26.9. The number of non-ortho nitro benzene ring substituents is 1. The minimum Gasteiger partial charge on any atom is -0.351 e. The minimum absolute atomic E-state index is 0.112. The Labute approximate surface area is 162 Å². The first-order valence-electron chi connectivity index (χ1n) is 8.49. The summed E-state index contributed by atoms with van der Waals surface area (Å²) in [7, 11) is -3.85. The van der Waals surface area contributed by atoms with Crippen molar-refractivity contribution >= 4 is 21.5 Å². The monoisotopic (exact) mass is 402 g/mol. The molecule has 0 radical (unpaired) electrons. The summed E-state index contributed by atoms with van der Waals surface area (Å²) in [6, 6.07) is 7.15. The minimum atomic E-state index is -3.85. The van der Waals surface area contributed by atoms with Crippen molar-refractivity contribution < 1.29 is 13.3 Å². The van der Waals surface area contributed by atoms with E-state index >= 15 is 0 Å². The third-order valence-electron chi connectivity index (χ3n) is 4.75. The molecule has 0 spiro atoms. The van der Waals surface area contributed by atoms with Crippen LogP contribution in [-0.4, -0.2) is 54.0 Å². The van der Waals surface area contributed by atoms with Crippen molar-refractivity contribution in [2.75, 3.05) is 31.1 Å². The van der Waals surface area contributed by atoms with Crippen molar-refractivity contribution in [2.24, 2.45) is 0 Å². The van der Waals surface area contributed by atoms with Crippen molar-refractivity contribution in [3.05, 3.63) is 51.2 Å². The van der Waals surface area contributed by atoms with Gasteiger partial charge in [-0.2, -0.15) is 14.7 Å². The molecule has 28 heavy (non-hydrogen) atoms. The van der Waals surface area contributed by atoms with Crippen LogP contribution in [-0.2, 0) is 10.0 Å². The highest BCUT2D eigenvalue weighted by molar-refractivity contribution is 7.89. The molecule has 2 heterocycles. The highest BCUT2D eigenvalue weighted by Gasteiger charge is 2.31. The van der Waals surface area contributed by atoms with Crippen LogP contribution in [0.1, 0.15) is 16.8 Å². The summed E-state index contributed by atoms with van der Waals surface area (Å²) in [5.74, 6) is 0.443. The molecule has 0 saturated carbocycles. The molecule has 0 N–H and O–H groups in total. The van der Waals surface area contributed by atoms with Crippen LogP contribution in [0.4, 0.5) is 11.5 Å². The van der Waals surface area contributed by atoms with Crippen LogP contribution in [0.3, 0.4) is 0 Å². The van der Waals surface area contributed by atoms with Gasteiger partial charge in [0.05, 0.1) is 15.5 Å². The number of piperazine rings is 1. The van der Waals surface area contributed by atoms with Gasteiger partial charge in [0.25, 0.3) is 5.69 Å². The Morgan fingerprint density at radius 3 is 2.46 bits per heavy atom. The number of rotatable bonds is 4. The van der Waals surface area contributed by atoms with Gasteiger partial charge in [0.1, 0.15) is 11.6 Å². The van der Waals surface area contributed by atoms with Gasteiger partial charge in [0, 0.05) is 38.3 Å². The van der Waals surface area contributed by atoms with Gasteiger partial charge >= 0.3 is 0 Å². The average Bonchev–Trinajstić information content (AvgIpc) is 2.70. The molecule has 1 aliphatic heterocycles. The zero-order valence-electron chi connectivity index (χ0n) is 15.4. The number of aryl methyl sites for hydroxylation is 1. The molecular weight excluding hydrogens is 384 g/mol. The Morgan fingerprint density at radius 2 is 1.86 bits per heavy atom. The highest BCUT2D eigenvalue weighted by atomic mass is 32.2. The quantitative estimate of drug-likeness (QED) is 0.553. The maximum atomic E-state index is 12.8. The SMILES string of the molecule is Cc1nnc(N2CCN(S(=O)(=O)c3cccc([N+](=O)[O-])c3)CC2)c(C#N)c1C. The van der Waals surface area contributed by atoms with E-state index in [2.05, 4.69) is 16.3 Å². The number of nitriles is 1. The molecule has 0 atom stereocenters. The number of anilines is 1. The van der Waals surface area contributed by atoms with Gasteiger partial charge in [0.15, 0.2) is 5.82 Å². The van der Waals surface area contributed by atoms with Crippen LogP contribution in [0.5, 0.6) is 0 Å². The van der Waals surface area contributed by atoms with Crippen molar-refractivity contribution in [1.29, 1.82) is 5.26 Å². The second-order valence-corrected chi connectivity index (χ2v) is 8.30. The predicted molar refractivity (Wildman–Crippen MR) is 100 cm³/mol. The van der Waals surface area contributed by atoms with E-state index < -0.39 is 14.9 Å². The Kier molecular flexibility index (Phi) is 5.26. The lowest BCUT2D eigenvalue weighted by Crippen LogP contribution is -2.49. The first kappa shape index (κ1) is 19.7. The summed E-state index contributed by atoms with van der Waals surface area (Å²) in [5.41, 5.74) is 1.58. The fourth-order valence-electron chi connectivity index (χ4n) is 3.00. The van der Waals surface area contributed by atoms with Gasteiger partial charge in [-0.05, 0) is 25.5 Å². The molecule has 2 aromatic rings. The number of nitrogens with zero attached hydrogens (tertiary/aromatic N) is 6. The molecule has 1 aliphatic rings. The topological polar surface area (TPSA) is 133 Å². The van der Waals surface area contributed by atoms with Gasteiger partial charge in [-0.15, -0.1) is 5.10 Å². The van der Waals surface area contributed by atoms with Crippen LogP contribution in [0.25, 0.3) is 0 Å². The molecule has 0 unspecified atom stereocenters. The van der Waals surface area contributed by atoms with Gasteiger partial charge in [-0.25, -0.2) is 8.42 Å². The molecule has 1 saturated heterocycles. The Hall–Kier alpha value is -3.10. The lowest BCUT2D eigenvalue weighted by molar-refractivity contribution is -0.385. The Morgan fingerprint density at radius 1 is 1.18 bits per heavy atom. The van der Waals surface area contributed by atoms with Crippen LogP contribution in [0, 0.1) is 35.3 Å². The summed E-state index contributed by atoms with van der Waals surface area (Å²) in [6.45, 7) is 4.58. The highest BCUT2D eigenvalue weighted by Crippen LogP contribution is 2.25. The zero-order chi connectivity index (χ0) is 20.5. The van der Waals surface area contributed by atoms with Crippen molar-refractivity contribution in [2.45, 2.75) is 18.7 Å². The lowest BCUT2D eigenvalue weighted by Gasteiger charge is -2.34. The zero-order valence-corrected chi connectivity index (χ0v) is 16.2.